The van der Waals surface area contributed by atoms with E-state index in [1.807, 2.05) is 0 Å². The van der Waals surface area contributed by atoms with Gasteiger partial charge in [-0.1, -0.05) is 63.5 Å². The Kier molecular flexibility index (Phi) is 3.51. The molecule has 1 aromatic carbocycles. The van der Waals surface area contributed by atoms with Gasteiger partial charge in [0.1, 0.15) is 0 Å². The van der Waals surface area contributed by atoms with Crippen LogP contribution in [0.3, 0.4) is 0 Å². The number of benzene rings is 1. The highest BCUT2D eigenvalue weighted by molar-refractivity contribution is 9.10. The zero-order chi connectivity index (χ0) is 14.4. The summed E-state index contributed by atoms with van der Waals surface area (Å²) in [6.45, 7) is 13.4. The molecule has 0 saturated carbocycles. The molecular formula is C17H22BrN. The maximum atomic E-state index is 4.85. The lowest BCUT2D eigenvalue weighted by molar-refractivity contribution is 0.558. The van der Waals surface area contributed by atoms with Gasteiger partial charge in [-0.2, -0.15) is 0 Å². The normalized spacial score (nSPS) is 13.0. The van der Waals surface area contributed by atoms with Crippen molar-refractivity contribution < 1.29 is 0 Å². The van der Waals surface area contributed by atoms with Gasteiger partial charge < -0.3 is 0 Å². The number of pyridine rings is 1. The van der Waals surface area contributed by atoms with Crippen molar-refractivity contribution in [2.75, 3.05) is 0 Å². The Labute approximate surface area is 124 Å². The molecule has 0 bridgehead atoms. The third-order valence-corrected chi connectivity index (χ3v) is 4.02. The molecule has 2 rings (SSSR count). The molecule has 2 aromatic rings. The van der Waals surface area contributed by atoms with Crippen LogP contribution in [0.2, 0.25) is 0 Å². The van der Waals surface area contributed by atoms with E-state index in [2.05, 4.69) is 81.7 Å². The lowest BCUT2D eigenvalue weighted by Crippen LogP contribution is -2.18. The molecule has 1 heterocycles. The van der Waals surface area contributed by atoms with E-state index in [9.17, 15) is 0 Å². The molecule has 0 radical (unpaired) electrons. The number of halogens is 1. The van der Waals surface area contributed by atoms with Gasteiger partial charge in [-0.25, -0.2) is 0 Å². The smallest absolute Gasteiger partial charge is 0.0719 e. The maximum Gasteiger partial charge on any atom is 0.0719 e. The Hall–Kier alpha value is -0.890. The van der Waals surface area contributed by atoms with Crippen LogP contribution in [0.15, 0.2) is 28.7 Å². The van der Waals surface area contributed by atoms with Gasteiger partial charge in [0.2, 0.25) is 0 Å². The number of fused-ring (bicyclic) bond motifs is 1. The van der Waals surface area contributed by atoms with Gasteiger partial charge >= 0.3 is 0 Å². The fourth-order valence-electron chi connectivity index (χ4n) is 2.22. The van der Waals surface area contributed by atoms with Crippen molar-refractivity contribution in [2.24, 2.45) is 0 Å². The second-order valence-electron chi connectivity index (χ2n) is 7.19. The first-order valence-corrected chi connectivity index (χ1v) is 7.50. The summed E-state index contributed by atoms with van der Waals surface area (Å²) < 4.78 is 1.13. The predicted octanol–water partition coefficient (Wildman–Crippen LogP) is 5.59. The summed E-state index contributed by atoms with van der Waals surface area (Å²) in [4.78, 5) is 4.85. The molecule has 0 aliphatic rings. The molecule has 0 atom stereocenters. The van der Waals surface area contributed by atoms with Gasteiger partial charge in [0.25, 0.3) is 0 Å². The molecule has 0 N–H and O–H groups in total. The summed E-state index contributed by atoms with van der Waals surface area (Å²) >= 11 is 3.68. The van der Waals surface area contributed by atoms with Gasteiger partial charge in [0.15, 0.2) is 0 Å². The molecule has 0 spiro atoms. The van der Waals surface area contributed by atoms with Crippen LogP contribution in [0.4, 0.5) is 0 Å². The van der Waals surface area contributed by atoms with Crippen molar-refractivity contribution in [2.45, 2.75) is 52.4 Å². The van der Waals surface area contributed by atoms with Crippen LogP contribution in [-0.2, 0) is 10.8 Å². The number of nitrogens with zero attached hydrogens (tertiary/aromatic N) is 1. The van der Waals surface area contributed by atoms with Crippen LogP contribution in [0.5, 0.6) is 0 Å². The zero-order valence-electron chi connectivity index (χ0n) is 12.6. The molecule has 1 nitrogen and oxygen atoms in total. The van der Waals surface area contributed by atoms with Crippen molar-refractivity contribution in [3.8, 4) is 0 Å². The maximum absolute atomic E-state index is 4.85. The summed E-state index contributed by atoms with van der Waals surface area (Å²) in [5.74, 6) is 0. The van der Waals surface area contributed by atoms with E-state index in [0.29, 0.717) is 0 Å². The first-order chi connectivity index (χ1) is 8.60. The quantitative estimate of drug-likeness (QED) is 0.616. The number of rotatable bonds is 0. The zero-order valence-corrected chi connectivity index (χ0v) is 14.2. The summed E-state index contributed by atoms with van der Waals surface area (Å²) in [6, 6.07) is 8.52. The molecule has 0 unspecified atom stereocenters. The SMILES string of the molecule is CC(C)(C)c1cc(C(C)(C)C)c2c(Br)cccc2n1. The molecule has 0 saturated heterocycles. The number of hydrogen-bond donors (Lipinski definition) is 0. The van der Waals surface area contributed by atoms with E-state index in [0.717, 1.165) is 15.7 Å². The fraction of sp³-hybridized carbons (Fsp3) is 0.471. The minimum absolute atomic E-state index is 0.0660. The van der Waals surface area contributed by atoms with Crippen LogP contribution in [0.25, 0.3) is 10.9 Å². The van der Waals surface area contributed by atoms with E-state index in [1.165, 1.54) is 10.9 Å². The summed E-state index contributed by atoms with van der Waals surface area (Å²) in [5.41, 5.74) is 3.76. The molecule has 0 aliphatic heterocycles. The van der Waals surface area contributed by atoms with Gasteiger partial charge in [-0.05, 0) is 29.2 Å². The van der Waals surface area contributed by atoms with Crippen LogP contribution in [0.1, 0.15) is 52.8 Å². The van der Waals surface area contributed by atoms with Crippen LogP contribution in [-0.4, -0.2) is 4.98 Å². The van der Waals surface area contributed by atoms with Crippen LogP contribution in [0, 0.1) is 0 Å². The Morgan fingerprint density at radius 3 is 2.11 bits per heavy atom. The number of aromatic nitrogens is 1. The van der Waals surface area contributed by atoms with E-state index < -0.39 is 0 Å². The van der Waals surface area contributed by atoms with Crippen molar-refractivity contribution in [3.63, 3.8) is 0 Å². The molecular weight excluding hydrogens is 298 g/mol. The summed E-state index contributed by atoms with van der Waals surface area (Å²) in [6.07, 6.45) is 0. The Balaban J connectivity index is 2.89. The van der Waals surface area contributed by atoms with Gasteiger partial charge in [0.05, 0.1) is 5.52 Å². The minimum atomic E-state index is 0.0660. The lowest BCUT2D eigenvalue weighted by atomic mass is 9.81. The highest BCUT2D eigenvalue weighted by atomic mass is 79.9. The molecule has 1 aromatic heterocycles. The molecule has 0 aliphatic carbocycles. The van der Waals surface area contributed by atoms with Gasteiger partial charge in [-0.3, -0.25) is 4.98 Å². The van der Waals surface area contributed by atoms with Crippen molar-refractivity contribution >= 4 is 26.8 Å². The van der Waals surface area contributed by atoms with Crippen molar-refractivity contribution in [1.29, 1.82) is 0 Å². The fourth-order valence-corrected chi connectivity index (χ4v) is 2.79. The van der Waals surface area contributed by atoms with E-state index >= 15 is 0 Å². The average Bonchev–Trinajstić information content (AvgIpc) is 2.25. The second kappa shape index (κ2) is 4.59. The molecule has 0 fully saturated rings. The largest absolute Gasteiger partial charge is 0.252 e. The lowest BCUT2D eigenvalue weighted by Gasteiger charge is -2.26. The first-order valence-electron chi connectivity index (χ1n) is 6.71. The third-order valence-electron chi connectivity index (χ3n) is 3.36. The molecule has 19 heavy (non-hydrogen) atoms. The molecule has 2 heteroatoms. The van der Waals surface area contributed by atoms with Crippen molar-refractivity contribution in [3.05, 3.63) is 40.0 Å². The molecule has 102 valence electrons. The number of hydrogen-bond acceptors (Lipinski definition) is 1. The van der Waals surface area contributed by atoms with E-state index in [4.69, 9.17) is 4.98 Å². The first kappa shape index (κ1) is 14.5. The Morgan fingerprint density at radius 2 is 1.58 bits per heavy atom. The van der Waals surface area contributed by atoms with E-state index in [1.54, 1.807) is 0 Å². The minimum Gasteiger partial charge on any atom is -0.252 e. The Morgan fingerprint density at radius 1 is 0.947 bits per heavy atom. The molecule has 0 amide bonds. The predicted molar refractivity (Wildman–Crippen MR) is 86.8 cm³/mol. The van der Waals surface area contributed by atoms with Crippen LogP contribution >= 0.6 is 15.9 Å². The standard InChI is InChI=1S/C17H22BrN/c1-16(2,3)11-10-14(17(4,5)6)19-13-9-7-8-12(18)15(11)13/h7-10H,1-6H3. The summed E-state index contributed by atoms with van der Waals surface area (Å²) in [5, 5.41) is 1.24. The summed E-state index contributed by atoms with van der Waals surface area (Å²) in [7, 11) is 0. The van der Waals surface area contributed by atoms with Crippen LogP contribution < -0.4 is 0 Å². The van der Waals surface area contributed by atoms with Gasteiger partial charge in [0, 0.05) is 21.0 Å². The van der Waals surface area contributed by atoms with E-state index in [-0.39, 0.29) is 10.8 Å². The van der Waals surface area contributed by atoms with Gasteiger partial charge in [-0.15, -0.1) is 0 Å². The monoisotopic (exact) mass is 319 g/mol. The highest BCUT2D eigenvalue weighted by Crippen LogP contribution is 2.36. The van der Waals surface area contributed by atoms with Crippen molar-refractivity contribution in [1.82, 2.24) is 4.98 Å². The Bertz CT molecular complexity index is 615. The second-order valence-corrected chi connectivity index (χ2v) is 8.04. The topological polar surface area (TPSA) is 12.9 Å². The average molecular weight is 320 g/mol. The third kappa shape index (κ3) is 2.84. The highest BCUT2D eigenvalue weighted by Gasteiger charge is 2.24.